The Morgan fingerprint density at radius 2 is 1.85 bits per heavy atom. The summed E-state index contributed by atoms with van der Waals surface area (Å²) in [5, 5.41) is 6.84. The molecule has 4 nitrogen and oxygen atoms in total. The summed E-state index contributed by atoms with van der Waals surface area (Å²) in [5.41, 5.74) is 1.13. The summed E-state index contributed by atoms with van der Waals surface area (Å²) < 4.78 is 0. The minimum Gasteiger partial charge on any atom is -0.373 e. The number of aromatic nitrogens is 2. The van der Waals surface area contributed by atoms with E-state index in [0.717, 1.165) is 35.4 Å². The standard InChI is InChI=1S/C16H28N4/c1-5-14-19-15(17-4)12(3)16(20-14)18-13-8-6-7-11(2)9-10-13/h11,13H,5-10H2,1-4H3,(H2,17,18,19,20). The van der Waals surface area contributed by atoms with Crippen LogP contribution in [0.5, 0.6) is 0 Å². The molecular weight excluding hydrogens is 248 g/mol. The Hall–Kier alpha value is -1.32. The van der Waals surface area contributed by atoms with Gasteiger partial charge in [0.25, 0.3) is 0 Å². The molecule has 0 spiro atoms. The number of nitrogens with one attached hydrogen (secondary N) is 2. The fraction of sp³-hybridized carbons (Fsp3) is 0.750. The van der Waals surface area contributed by atoms with Gasteiger partial charge in [-0.25, -0.2) is 9.97 Å². The second kappa shape index (κ2) is 6.91. The van der Waals surface area contributed by atoms with Gasteiger partial charge in [0.2, 0.25) is 0 Å². The van der Waals surface area contributed by atoms with Crippen molar-refractivity contribution in [1.82, 2.24) is 9.97 Å². The summed E-state index contributed by atoms with van der Waals surface area (Å²) in [6.45, 7) is 6.56. The fourth-order valence-corrected chi connectivity index (χ4v) is 2.93. The smallest absolute Gasteiger partial charge is 0.134 e. The summed E-state index contributed by atoms with van der Waals surface area (Å²) in [6, 6.07) is 0.558. The lowest BCUT2D eigenvalue weighted by Crippen LogP contribution is -2.21. The third kappa shape index (κ3) is 3.62. The van der Waals surface area contributed by atoms with Crippen molar-refractivity contribution < 1.29 is 0 Å². The van der Waals surface area contributed by atoms with E-state index in [1.165, 1.54) is 32.1 Å². The SMILES string of the molecule is CCc1nc(NC)c(C)c(NC2CCCC(C)CC2)n1. The Balaban J connectivity index is 2.15. The Bertz CT molecular complexity index is 444. The van der Waals surface area contributed by atoms with Crippen LogP contribution >= 0.6 is 0 Å². The van der Waals surface area contributed by atoms with Crippen LogP contribution < -0.4 is 10.6 Å². The molecule has 0 radical (unpaired) electrons. The highest BCUT2D eigenvalue weighted by atomic mass is 15.1. The van der Waals surface area contributed by atoms with E-state index in [-0.39, 0.29) is 0 Å². The number of hydrogen-bond donors (Lipinski definition) is 2. The van der Waals surface area contributed by atoms with E-state index >= 15 is 0 Å². The van der Waals surface area contributed by atoms with E-state index in [9.17, 15) is 0 Å². The van der Waals surface area contributed by atoms with E-state index in [1.807, 2.05) is 7.05 Å². The van der Waals surface area contributed by atoms with Gasteiger partial charge in [-0.1, -0.05) is 26.7 Å². The zero-order valence-corrected chi connectivity index (χ0v) is 13.3. The predicted molar refractivity (Wildman–Crippen MR) is 85.4 cm³/mol. The highest BCUT2D eigenvalue weighted by molar-refractivity contribution is 5.57. The zero-order chi connectivity index (χ0) is 14.5. The van der Waals surface area contributed by atoms with Crippen LogP contribution in [0, 0.1) is 12.8 Å². The first-order chi connectivity index (χ1) is 9.63. The monoisotopic (exact) mass is 276 g/mol. The molecule has 2 atom stereocenters. The molecular formula is C16H28N4. The Labute approximate surface area is 122 Å². The van der Waals surface area contributed by atoms with Crippen molar-refractivity contribution in [3.63, 3.8) is 0 Å². The molecule has 2 N–H and O–H groups in total. The molecule has 1 saturated carbocycles. The Morgan fingerprint density at radius 1 is 1.10 bits per heavy atom. The Kier molecular flexibility index (Phi) is 5.21. The molecule has 0 aromatic carbocycles. The van der Waals surface area contributed by atoms with Crippen LogP contribution in [0.15, 0.2) is 0 Å². The van der Waals surface area contributed by atoms with Crippen molar-refractivity contribution in [1.29, 1.82) is 0 Å². The van der Waals surface area contributed by atoms with Gasteiger partial charge in [-0.3, -0.25) is 0 Å². The second-order valence-electron chi connectivity index (χ2n) is 6.02. The van der Waals surface area contributed by atoms with E-state index in [0.29, 0.717) is 6.04 Å². The molecule has 4 heteroatoms. The molecule has 0 aliphatic heterocycles. The van der Waals surface area contributed by atoms with Crippen LogP contribution in [0.4, 0.5) is 11.6 Å². The highest BCUT2D eigenvalue weighted by Crippen LogP contribution is 2.27. The number of hydrogen-bond acceptors (Lipinski definition) is 4. The van der Waals surface area contributed by atoms with Gasteiger partial charge < -0.3 is 10.6 Å². The van der Waals surface area contributed by atoms with Crippen molar-refractivity contribution >= 4 is 11.6 Å². The molecule has 1 fully saturated rings. The largest absolute Gasteiger partial charge is 0.373 e. The molecule has 0 amide bonds. The van der Waals surface area contributed by atoms with Crippen LogP contribution in [0.25, 0.3) is 0 Å². The minimum absolute atomic E-state index is 0.558. The molecule has 1 aromatic rings. The topological polar surface area (TPSA) is 49.8 Å². The molecule has 112 valence electrons. The number of rotatable bonds is 4. The van der Waals surface area contributed by atoms with Crippen LogP contribution in [-0.4, -0.2) is 23.1 Å². The van der Waals surface area contributed by atoms with Crippen molar-refractivity contribution in [3.05, 3.63) is 11.4 Å². The van der Waals surface area contributed by atoms with Gasteiger partial charge in [-0.15, -0.1) is 0 Å². The van der Waals surface area contributed by atoms with Gasteiger partial charge >= 0.3 is 0 Å². The summed E-state index contributed by atoms with van der Waals surface area (Å²) in [6.07, 6.45) is 7.38. The van der Waals surface area contributed by atoms with E-state index in [2.05, 4.69) is 41.4 Å². The van der Waals surface area contributed by atoms with Gasteiger partial charge in [-0.2, -0.15) is 0 Å². The maximum Gasteiger partial charge on any atom is 0.134 e. The van der Waals surface area contributed by atoms with Crippen molar-refractivity contribution in [2.45, 2.75) is 65.3 Å². The average Bonchev–Trinajstić information content (AvgIpc) is 2.66. The molecule has 1 aliphatic rings. The van der Waals surface area contributed by atoms with E-state index in [1.54, 1.807) is 0 Å². The molecule has 2 rings (SSSR count). The number of nitrogens with zero attached hydrogens (tertiary/aromatic N) is 2. The van der Waals surface area contributed by atoms with Crippen molar-refractivity contribution in [3.8, 4) is 0 Å². The number of aryl methyl sites for hydroxylation is 1. The van der Waals surface area contributed by atoms with Crippen LogP contribution in [0.2, 0.25) is 0 Å². The zero-order valence-electron chi connectivity index (χ0n) is 13.3. The quantitative estimate of drug-likeness (QED) is 0.822. The molecule has 2 unspecified atom stereocenters. The summed E-state index contributed by atoms with van der Waals surface area (Å²) in [4.78, 5) is 9.21. The van der Waals surface area contributed by atoms with Crippen LogP contribution in [0.1, 0.15) is 57.3 Å². The highest BCUT2D eigenvalue weighted by Gasteiger charge is 2.18. The molecule has 1 aliphatic carbocycles. The maximum absolute atomic E-state index is 4.68. The van der Waals surface area contributed by atoms with Crippen molar-refractivity contribution in [2.24, 2.45) is 5.92 Å². The Morgan fingerprint density at radius 3 is 2.55 bits per heavy atom. The minimum atomic E-state index is 0.558. The molecule has 1 heterocycles. The predicted octanol–water partition coefficient (Wildman–Crippen LogP) is 3.77. The van der Waals surface area contributed by atoms with Gasteiger partial charge in [0.05, 0.1) is 0 Å². The summed E-state index contributed by atoms with van der Waals surface area (Å²) in [5.74, 6) is 3.74. The van der Waals surface area contributed by atoms with Crippen LogP contribution in [0.3, 0.4) is 0 Å². The lowest BCUT2D eigenvalue weighted by Gasteiger charge is -2.20. The number of anilines is 2. The molecule has 0 bridgehead atoms. The van der Waals surface area contributed by atoms with Gasteiger partial charge in [0.15, 0.2) is 0 Å². The summed E-state index contributed by atoms with van der Waals surface area (Å²) in [7, 11) is 1.92. The van der Waals surface area contributed by atoms with Gasteiger partial charge in [-0.05, 0) is 32.1 Å². The van der Waals surface area contributed by atoms with E-state index in [4.69, 9.17) is 0 Å². The molecule has 20 heavy (non-hydrogen) atoms. The first-order valence-corrected chi connectivity index (χ1v) is 7.95. The molecule has 0 saturated heterocycles. The first-order valence-electron chi connectivity index (χ1n) is 7.95. The fourth-order valence-electron chi connectivity index (χ4n) is 2.93. The average molecular weight is 276 g/mol. The second-order valence-corrected chi connectivity index (χ2v) is 6.02. The lowest BCUT2D eigenvalue weighted by atomic mass is 10.0. The van der Waals surface area contributed by atoms with Gasteiger partial charge in [0.1, 0.15) is 17.5 Å². The van der Waals surface area contributed by atoms with Gasteiger partial charge in [0, 0.05) is 25.1 Å². The third-order valence-corrected chi connectivity index (χ3v) is 4.34. The maximum atomic E-state index is 4.68. The normalized spacial score (nSPS) is 23.2. The lowest BCUT2D eigenvalue weighted by molar-refractivity contribution is 0.501. The van der Waals surface area contributed by atoms with Crippen LogP contribution in [-0.2, 0) is 6.42 Å². The van der Waals surface area contributed by atoms with Crippen molar-refractivity contribution in [2.75, 3.05) is 17.7 Å². The third-order valence-electron chi connectivity index (χ3n) is 4.34. The summed E-state index contributed by atoms with van der Waals surface area (Å²) >= 11 is 0. The molecule has 1 aromatic heterocycles. The van der Waals surface area contributed by atoms with E-state index < -0.39 is 0 Å². The first kappa shape index (κ1) is 15.1.